The highest BCUT2D eigenvalue weighted by atomic mass is 32.2. The van der Waals surface area contributed by atoms with Crippen LogP contribution in [0.5, 0.6) is 0 Å². The number of aryl methyl sites for hydroxylation is 1. The minimum Gasteiger partial charge on any atom is -0.461 e. The fraction of sp³-hybridized carbons (Fsp3) is 0.250. The van der Waals surface area contributed by atoms with Gasteiger partial charge in [-0.1, -0.05) is 42.5 Å². The van der Waals surface area contributed by atoms with E-state index in [-0.39, 0.29) is 6.61 Å². The fourth-order valence-electron chi connectivity index (χ4n) is 3.34. The monoisotopic (exact) mass is 451 g/mol. The third-order valence-corrected chi connectivity index (χ3v) is 6.78. The van der Waals surface area contributed by atoms with Crippen LogP contribution in [0.4, 0.5) is 11.4 Å². The van der Waals surface area contributed by atoms with Crippen molar-refractivity contribution in [3.63, 3.8) is 0 Å². The molecule has 7 nitrogen and oxygen atoms in total. The number of aromatic nitrogens is 1. The van der Waals surface area contributed by atoms with E-state index >= 15 is 0 Å². The molecule has 0 unspecified atom stereocenters. The molecule has 3 rings (SSSR count). The van der Waals surface area contributed by atoms with Gasteiger partial charge in [0.15, 0.2) is 0 Å². The van der Waals surface area contributed by atoms with E-state index in [4.69, 9.17) is 11.3 Å². The maximum atomic E-state index is 12.5. The summed E-state index contributed by atoms with van der Waals surface area (Å²) >= 11 is 0. The summed E-state index contributed by atoms with van der Waals surface area (Å²) in [6, 6.07) is 14.5. The Balaban J connectivity index is 2.05. The predicted octanol–water partition coefficient (Wildman–Crippen LogP) is 5.24. The van der Waals surface area contributed by atoms with Crippen molar-refractivity contribution in [3.05, 3.63) is 71.8 Å². The molecule has 0 bridgehead atoms. The maximum Gasteiger partial charge on any atom is 0.354 e. The average molecular weight is 452 g/mol. The van der Waals surface area contributed by atoms with Gasteiger partial charge in [-0.25, -0.2) is 18.1 Å². The number of carbonyl (C=O) groups excluding carboxylic acids is 1. The van der Waals surface area contributed by atoms with E-state index in [0.29, 0.717) is 28.2 Å². The van der Waals surface area contributed by atoms with E-state index in [2.05, 4.69) is 9.57 Å². The molecular formula is C24H25N3O4S. The van der Waals surface area contributed by atoms with Crippen LogP contribution in [-0.4, -0.2) is 30.8 Å². The van der Waals surface area contributed by atoms with E-state index in [9.17, 15) is 13.2 Å². The number of esters is 1. The average Bonchev–Trinajstić information content (AvgIpc) is 3.10. The van der Waals surface area contributed by atoms with Crippen LogP contribution in [-0.2, 0) is 21.8 Å². The Morgan fingerprint density at radius 3 is 2.34 bits per heavy atom. The van der Waals surface area contributed by atoms with E-state index in [1.807, 2.05) is 36.4 Å². The van der Waals surface area contributed by atoms with Crippen molar-refractivity contribution in [2.75, 3.05) is 11.3 Å². The number of para-hydroxylation sites is 1. The molecular weight excluding hydrogens is 426 g/mol. The predicted molar refractivity (Wildman–Crippen MR) is 126 cm³/mol. The number of rotatable bonds is 7. The third kappa shape index (κ3) is 4.53. The lowest BCUT2D eigenvalue weighted by molar-refractivity contribution is 0.0516. The molecule has 0 aliphatic carbocycles. The number of hydrogen-bond acceptors (Lipinski definition) is 4. The zero-order chi connectivity index (χ0) is 23.5. The van der Waals surface area contributed by atoms with Gasteiger partial charge in [-0.3, -0.25) is 4.72 Å². The molecule has 2 aromatic carbocycles. The van der Waals surface area contributed by atoms with Crippen molar-refractivity contribution in [2.24, 2.45) is 7.05 Å². The second-order valence-corrected chi connectivity index (χ2v) is 9.74. The van der Waals surface area contributed by atoms with Crippen molar-refractivity contribution < 1.29 is 17.9 Å². The second kappa shape index (κ2) is 9.28. The smallest absolute Gasteiger partial charge is 0.354 e. The Bertz CT molecular complexity index is 1280. The summed E-state index contributed by atoms with van der Waals surface area (Å²) in [5, 5.41) is -0.565. The van der Waals surface area contributed by atoms with Crippen molar-refractivity contribution in [3.8, 4) is 22.3 Å². The van der Waals surface area contributed by atoms with Gasteiger partial charge in [0, 0.05) is 24.4 Å². The molecule has 166 valence electrons. The Kier molecular flexibility index (Phi) is 6.70. The molecule has 0 amide bonds. The molecule has 0 saturated heterocycles. The van der Waals surface area contributed by atoms with Crippen molar-refractivity contribution in [1.82, 2.24) is 4.57 Å². The standard InChI is InChI=1S/C24H25N3O4S/c1-6-31-24(28)23-22(21(25-4)15-27(23)5)18-13-11-17(12-14-18)19-9-7-8-10-20(19)26-32(29,30)16(2)3/h7-16,26H,6H2,1-3,5H3. The van der Waals surface area contributed by atoms with Crippen LogP contribution in [0.2, 0.25) is 0 Å². The van der Waals surface area contributed by atoms with Gasteiger partial charge in [-0.2, -0.15) is 0 Å². The molecule has 3 aromatic rings. The van der Waals surface area contributed by atoms with E-state index in [0.717, 1.165) is 11.1 Å². The lowest BCUT2D eigenvalue weighted by Gasteiger charge is -2.15. The highest BCUT2D eigenvalue weighted by Crippen LogP contribution is 2.37. The summed E-state index contributed by atoms with van der Waals surface area (Å²) in [7, 11) is -1.79. The summed E-state index contributed by atoms with van der Waals surface area (Å²) < 4.78 is 34.2. The molecule has 1 aromatic heterocycles. The molecule has 0 radical (unpaired) electrons. The van der Waals surface area contributed by atoms with E-state index in [1.165, 1.54) is 0 Å². The third-order valence-electron chi connectivity index (χ3n) is 5.04. The SMILES string of the molecule is [C-]#[N+]c1cn(C)c(C(=O)OCC)c1-c1ccc(-c2ccccc2NS(=O)(=O)C(C)C)cc1. The number of anilines is 1. The zero-order valence-electron chi connectivity index (χ0n) is 18.4. The number of sulfonamides is 1. The van der Waals surface area contributed by atoms with Crippen LogP contribution in [0.25, 0.3) is 27.1 Å². The number of ether oxygens (including phenoxy) is 1. The van der Waals surface area contributed by atoms with Gasteiger partial charge in [0.1, 0.15) is 5.69 Å². The molecule has 1 heterocycles. The molecule has 0 spiro atoms. The molecule has 8 heteroatoms. The van der Waals surface area contributed by atoms with Gasteiger partial charge < -0.3 is 9.30 Å². The summed E-state index contributed by atoms with van der Waals surface area (Å²) in [4.78, 5) is 16.1. The normalized spacial score (nSPS) is 11.2. The quantitative estimate of drug-likeness (QED) is 0.394. The fourth-order valence-corrected chi connectivity index (χ4v) is 4.06. The Morgan fingerprint density at radius 2 is 1.75 bits per heavy atom. The van der Waals surface area contributed by atoms with Crippen LogP contribution >= 0.6 is 0 Å². The van der Waals surface area contributed by atoms with Gasteiger partial charge in [0.25, 0.3) is 0 Å². The van der Waals surface area contributed by atoms with E-state index in [1.54, 1.807) is 50.7 Å². The maximum absolute atomic E-state index is 12.5. The molecule has 0 atom stereocenters. The number of carbonyl (C=O) groups is 1. The Labute approximate surface area is 188 Å². The largest absolute Gasteiger partial charge is 0.461 e. The van der Waals surface area contributed by atoms with Gasteiger partial charge >= 0.3 is 5.97 Å². The topological polar surface area (TPSA) is 81.8 Å². The molecule has 32 heavy (non-hydrogen) atoms. The number of nitrogens with zero attached hydrogens (tertiary/aromatic N) is 2. The van der Waals surface area contributed by atoms with Crippen molar-refractivity contribution >= 4 is 27.4 Å². The lowest BCUT2D eigenvalue weighted by Crippen LogP contribution is -2.22. The van der Waals surface area contributed by atoms with Crippen LogP contribution < -0.4 is 4.72 Å². The van der Waals surface area contributed by atoms with Crippen LogP contribution in [0, 0.1) is 6.57 Å². The van der Waals surface area contributed by atoms with Gasteiger partial charge in [0.2, 0.25) is 15.7 Å². The molecule has 0 aliphatic rings. The Morgan fingerprint density at radius 1 is 1.12 bits per heavy atom. The highest BCUT2D eigenvalue weighted by molar-refractivity contribution is 7.93. The number of benzene rings is 2. The molecule has 0 fully saturated rings. The van der Waals surface area contributed by atoms with E-state index < -0.39 is 21.2 Å². The lowest BCUT2D eigenvalue weighted by atomic mass is 9.98. The Hall–Kier alpha value is -3.57. The summed E-state index contributed by atoms with van der Waals surface area (Å²) in [5.74, 6) is -0.489. The molecule has 1 N–H and O–H groups in total. The highest BCUT2D eigenvalue weighted by Gasteiger charge is 2.23. The van der Waals surface area contributed by atoms with Crippen LogP contribution in [0.3, 0.4) is 0 Å². The first-order chi connectivity index (χ1) is 15.2. The van der Waals surface area contributed by atoms with Crippen LogP contribution in [0.15, 0.2) is 54.7 Å². The summed E-state index contributed by atoms with van der Waals surface area (Å²) in [6.45, 7) is 12.7. The van der Waals surface area contributed by atoms with Gasteiger partial charge in [-0.05, 0) is 38.0 Å². The first-order valence-corrected chi connectivity index (χ1v) is 11.7. The van der Waals surface area contributed by atoms with Gasteiger partial charge in [0.05, 0.1) is 24.1 Å². The zero-order valence-corrected chi connectivity index (χ0v) is 19.2. The first kappa shape index (κ1) is 23.1. The van der Waals surface area contributed by atoms with Crippen molar-refractivity contribution in [2.45, 2.75) is 26.0 Å². The van der Waals surface area contributed by atoms with Crippen LogP contribution in [0.1, 0.15) is 31.3 Å². The second-order valence-electron chi connectivity index (χ2n) is 7.50. The summed E-state index contributed by atoms with van der Waals surface area (Å²) in [5.41, 5.74) is 3.90. The van der Waals surface area contributed by atoms with Gasteiger partial charge in [-0.15, -0.1) is 0 Å². The summed E-state index contributed by atoms with van der Waals surface area (Å²) in [6.07, 6.45) is 1.61. The minimum atomic E-state index is -3.50. The molecule has 0 saturated carbocycles. The van der Waals surface area contributed by atoms with Crippen molar-refractivity contribution in [1.29, 1.82) is 0 Å². The number of hydrogen-bond donors (Lipinski definition) is 1. The first-order valence-electron chi connectivity index (χ1n) is 10.1. The molecule has 0 aliphatic heterocycles. The number of nitrogens with one attached hydrogen (secondary N) is 1. The minimum absolute atomic E-state index is 0.235.